The molecule has 0 aliphatic carbocycles. The number of hydrogen-bond acceptors (Lipinski definition) is 4. The van der Waals surface area contributed by atoms with E-state index in [0.717, 1.165) is 16.5 Å². The second kappa shape index (κ2) is 5.89. The lowest BCUT2D eigenvalue weighted by Gasteiger charge is -2.19. The van der Waals surface area contributed by atoms with Crippen LogP contribution in [0.25, 0.3) is 10.9 Å². The van der Waals surface area contributed by atoms with E-state index in [1.165, 1.54) is 11.2 Å². The Balaban J connectivity index is 2.13. The Kier molecular flexibility index (Phi) is 3.78. The van der Waals surface area contributed by atoms with Gasteiger partial charge in [0.15, 0.2) is 0 Å². The number of benzene rings is 1. The van der Waals surface area contributed by atoms with Gasteiger partial charge in [0, 0.05) is 11.5 Å². The minimum absolute atomic E-state index is 0.280. The van der Waals surface area contributed by atoms with E-state index in [-0.39, 0.29) is 6.61 Å². The maximum atomic E-state index is 12.3. The Bertz CT molecular complexity index is 797. The Morgan fingerprint density at radius 2 is 2.09 bits per heavy atom. The molecule has 0 unspecified atom stereocenters. The number of pyridine rings is 1. The van der Waals surface area contributed by atoms with Crippen LogP contribution in [0.2, 0.25) is 0 Å². The number of carbonyl (C=O) groups excluding carboxylic acids is 1. The number of anilines is 2. The highest BCUT2D eigenvalue weighted by Crippen LogP contribution is 2.29. The summed E-state index contributed by atoms with van der Waals surface area (Å²) < 4.78 is 10.5. The molecule has 0 radical (unpaired) electrons. The van der Waals surface area contributed by atoms with Gasteiger partial charge in [-0.2, -0.15) is 4.90 Å². The zero-order chi connectivity index (χ0) is 15.5. The Hall–Kier alpha value is -2.82. The van der Waals surface area contributed by atoms with Gasteiger partial charge in [-0.15, -0.1) is 0 Å². The van der Waals surface area contributed by atoms with E-state index in [0.29, 0.717) is 11.7 Å². The molecule has 0 N–H and O–H groups in total. The lowest BCUT2D eigenvalue weighted by atomic mass is 10.1. The molecule has 3 rings (SSSR count). The summed E-state index contributed by atoms with van der Waals surface area (Å²) in [5.74, 6) is 0.852. The van der Waals surface area contributed by atoms with E-state index in [1.54, 1.807) is 19.1 Å². The van der Waals surface area contributed by atoms with Crippen LogP contribution >= 0.6 is 0 Å². The summed E-state index contributed by atoms with van der Waals surface area (Å²) >= 11 is 0. The van der Waals surface area contributed by atoms with Crippen molar-refractivity contribution in [1.82, 2.24) is 4.98 Å². The van der Waals surface area contributed by atoms with Crippen molar-refractivity contribution >= 4 is 28.7 Å². The molecule has 1 amide bonds. The molecule has 0 bridgehead atoms. The summed E-state index contributed by atoms with van der Waals surface area (Å²) in [5, 5.41) is 1.05. The monoisotopic (exact) mass is 296 g/mol. The number of fused-ring (bicyclic) bond motifs is 1. The maximum Gasteiger partial charge on any atom is 0.422 e. The van der Waals surface area contributed by atoms with Gasteiger partial charge in [-0.05, 0) is 37.6 Å². The van der Waals surface area contributed by atoms with E-state index in [9.17, 15) is 4.79 Å². The fourth-order valence-electron chi connectivity index (χ4n) is 2.33. The summed E-state index contributed by atoms with van der Waals surface area (Å²) in [6.07, 6.45) is 0.995. The summed E-state index contributed by atoms with van der Waals surface area (Å²) in [6.45, 7) is 4.03. The number of carbonyl (C=O) groups is 1. The summed E-state index contributed by atoms with van der Waals surface area (Å²) in [4.78, 5) is 18.2. The summed E-state index contributed by atoms with van der Waals surface area (Å²) in [5.41, 5.74) is 1.85. The summed E-state index contributed by atoms with van der Waals surface area (Å²) in [7, 11) is 0. The number of ether oxygens (including phenoxy) is 1. The minimum atomic E-state index is -0.514. The molecule has 0 aliphatic heterocycles. The molecule has 1 aromatic carbocycles. The quantitative estimate of drug-likeness (QED) is 0.717. The van der Waals surface area contributed by atoms with Gasteiger partial charge in [0.2, 0.25) is 5.88 Å². The number of rotatable bonds is 3. The van der Waals surface area contributed by atoms with Crippen molar-refractivity contribution in [2.45, 2.75) is 13.8 Å². The van der Waals surface area contributed by atoms with Crippen LogP contribution in [0.4, 0.5) is 16.5 Å². The van der Waals surface area contributed by atoms with E-state index in [2.05, 4.69) is 4.98 Å². The fraction of sp³-hybridized carbons (Fsp3) is 0.176. The van der Waals surface area contributed by atoms with Crippen LogP contribution in [-0.2, 0) is 4.74 Å². The average Bonchev–Trinajstić information content (AvgIpc) is 3.02. The molecule has 0 aliphatic rings. The highest BCUT2D eigenvalue weighted by atomic mass is 16.6. The predicted molar refractivity (Wildman–Crippen MR) is 84.3 cm³/mol. The van der Waals surface area contributed by atoms with Crippen LogP contribution in [0.3, 0.4) is 0 Å². The smallest absolute Gasteiger partial charge is 0.422 e. The van der Waals surface area contributed by atoms with Crippen molar-refractivity contribution in [2.24, 2.45) is 0 Å². The molecule has 2 aromatic heterocycles. The first kappa shape index (κ1) is 14.1. The van der Waals surface area contributed by atoms with Crippen LogP contribution in [0.15, 0.2) is 53.1 Å². The highest BCUT2D eigenvalue weighted by Gasteiger charge is 2.23. The van der Waals surface area contributed by atoms with Crippen LogP contribution < -0.4 is 4.90 Å². The number of furan rings is 1. The lowest BCUT2D eigenvalue weighted by molar-refractivity contribution is 0.161. The zero-order valence-electron chi connectivity index (χ0n) is 12.4. The Morgan fingerprint density at radius 1 is 1.27 bits per heavy atom. The van der Waals surface area contributed by atoms with E-state index >= 15 is 0 Å². The molecule has 0 saturated heterocycles. The van der Waals surface area contributed by atoms with Gasteiger partial charge >= 0.3 is 6.09 Å². The summed E-state index contributed by atoms with van der Waals surface area (Å²) in [6, 6.07) is 13.1. The largest absolute Gasteiger partial charge is 0.449 e. The maximum absolute atomic E-state index is 12.3. The van der Waals surface area contributed by atoms with Crippen molar-refractivity contribution in [1.29, 1.82) is 0 Å². The molecule has 0 fully saturated rings. The third-order valence-corrected chi connectivity index (χ3v) is 3.32. The van der Waals surface area contributed by atoms with Gasteiger partial charge in [-0.25, -0.2) is 9.78 Å². The molecule has 3 aromatic rings. The van der Waals surface area contributed by atoms with Crippen LogP contribution in [0.5, 0.6) is 0 Å². The predicted octanol–water partition coefficient (Wildman–Crippen LogP) is 4.43. The van der Waals surface area contributed by atoms with Crippen LogP contribution in [0, 0.1) is 6.92 Å². The van der Waals surface area contributed by atoms with E-state index in [1.807, 2.05) is 37.3 Å². The Labute approximate surface area is 128 Å². The number of para-hydroxylation sites is 1. The molecule has 0 saturated carbocycles. The van der Waals surface area contributed by atoms with Gasteiger partial charge in [-0.3, -0.25) is 0 Å². The number of aryl methyl sites for hydroxylation is 1. The molecule has 0 atom stereocenters. The first-order valence-electron chi connectivity index (χ1n) is 7.07. The highest BCUT2D eigenvalue weighted by molar-refractivity contribution is 5.95. The van der Waals surface area contributed by atoms with E-state index < -0.39 is 6.09 Å². The van der Waals surface area contributed by atoms with Gasteiger partial charge < -0.3 is 9.15 Å². The molecule has 22 heavy (non-hydrogen) atoms. The number of amides is 1. The minimum Gasteiger partial charge on any atom is -0.449 e. The second-order valence-corrected chi connectivity index (χ2v) is 4.80. The standard InChI is InChI=1S/C17H16N2O3/c1-3-21-17(20)19(16-9-6-10-22-16)15-11-12(2)13-7-4-5-8-14(13)18-15/h4-11H,3H2,1-2H3. The second-order valence-electron chi connectivity index (χ2n) is 4.80. The third-order valence-electron chi connectivity index (χ3n) is 3.32. The van der Waals surface area contributed by atoms with Crippen molar-refractivity contribution < 1.29 is 13.9 Å². The van der Waals surface area contributed by atoms with E-state index in [4.69, 9.17) is 9.15 Å². The molecular formula is C17H16N2O3. The normalized spacial score (nSPS) is 10.6. The molecule has 112 valence electrons. The number of aromatic nitrogens is 1. The molecule has 5 nitrogen and oxygen atoms in total. The fourth-order valence-corrected chi connectivity index (χ4v) is 2.33. The molecule has 2 heterocycles. The molecule has 0 spiro atoms. The van der Waals surface area contributed by atoms with Gasteiger partial charge in [-0.1, -0.05) is 18.2 Å². The van der Waals surface area contributed by atoms with Crippen molar-refractivity contribution in [3.05, 3.63) is 54.3 Å². The zero-order valence-corrected chi connectivity index (χ0v) is 12.4. The third kappa shape index (κ3) is 2.53. The molecule has 5 heteroatoms. The van der Waals surface area contributed by atoms with Crippen molar-refractivity contribution in [2.75, 3.05) is 11.5 Å². The van der Waals surface area contributed by atoms with Crippen molar-refractivity contribution in [3.63, 3.8) is 0 Å². The average molecular weight is 296 g/mol. The van der Waals surface area contributed by atoms with Gasteiger partial charge in [0.25, 0.3) is 0 Å². The number of hydrogen-bond donors (Lipinski definition) is 0. The lowest BCUT2D eigenvalue weighted by Crippen LogP contribution is -2.27. The van der Waals surface area contributed by atoms with Crippen molar-refractivity contribution in [3.8, 4) is 0 Å². The SMILES string of the molecule is CCOC(=O)N(c1cc(C)c2ccccc2n1)c1ccco1. The topological polar surface area (TPSA) is 55.6 Å². The first-order chi connectivity index (χ1) is 10.7. The van der Waals surface area contributed by atoms with Gasteiger partial charge in [0.1, 0.15) is 5.82 Å². The molecular weight excluding hydrogens is 280 g/mol. The van der Waals surface area contributed by atoms with Crippen LogP contribution in [-0.4, -0.2) is 17.7 Å². The van der Waals surface area contributed by atoms with Crippen LogP contribution in [0.1, 0.15) is 12.5 Å². The number of nitrogens with zero attached hydrogens (tertiary/aromatic N) is 2. The van der Waals surface area contributed by atoms with Gasteiger partial charge in [0.05, 0.1) is 18.4 Å². The Morgan fingerprint density at radius 3 is 2.82 bits per heavy atom. The first-order valence-corrected chi connectivity index (χ1v) is 7.07.